The molecule has 0 aromatic heterocycles. The Kier molecular flexibility index (Phi) is 3.51. The minimum Gasteiger partial charge on any atom is -0.480 e. The minimum absolute atomic E-state index is 0.0811. The van der Waals surface area contributed by atoms with Gasteiger partial charge in [0.05, 0.1) is 12.6 Å². The number of likely N-dealkylation sites (N-methyl/N-ethyl adjacent to an activating group) is 1. The summed E-state index contributed by atoms with van der Waals surface area (Å²) in [6, 6.07) is 0.00585. The van der Waals surface area contributed by atoms with E-state index in [1.807, 2.05) is 0 Å². The third-order valence-electron chi connectivity index (χ3n) is 3.29. The van der Waals surface area contributed by atoms with E-state index in [-0.39, 0.29) is 24.7 Å². The highest BCUT2D eigenvalue weighted by molar-refractivity contribution is 5.80. The lowest BCUT2D eigenvalue weighted by atomic mass is 10.2. The number of ether oxygens (including phenoxy) is 1. The number of urea groups is 1. The molecular weight excluding hydrogens is 224 g/mol. The van der Waals surface area contributed by atoms with Gasteiger partial charge in [0.15, 0.2) is 0 Å². The number of carbonyl (C=O) groups is 2. The summed E-state index contributed by atoms with van der Waals surface area (Å²) in [5, 5.41) is 8.82. The van der Waals surface area contributed by atoms with Gasteiger partial charge in [-0.3, -0.25) is 4.79 Å². The number of rotatable bonds is 4. The van der Waals surface area contributed by atoms with Gasteiger partial charge in [0, 0.05) is 19.7 Å². The molecule has 17 heavy (non-hydrogen) atoms. The van der Waals surface area contributed by atoms with Crippen LogP contribution in [0.2, 0.25) is 0 Å². The highest BCUT2D eigenvalue weighted by Gasteiger charge is 2.37. The summed E-state index contributed by atoms with van der Waals surface area (Å²) < 4.78 is 5.24. The second kappa shape index (κ2) is 4.91. The van der Waals surface area contributed by atoms with Crippen molar-refractivity contribution in [3.8, 4) is 0 Å². The Morgan fingerprint density at radius 2 is 2.00 bits per heavy atom. The van der Waals surface area contributed by atoms with Crippen LogP contribution in [0, 0.1) is 0 Å². The number of amides is 2. The van der Waals surface area contributed by atoms with Gasteiger partial charge < -0.3 is 19.6 Å². The van der Waals surface area contributed by atoms with Crippen LogP contribution in [0.4, 0.5) is 4.79 Å². The topological polar surface area (TPSA) is 70.1 Å². The molecule has 2 fully saturated rings. The molecule has 6 nitrogen and oxygen atoms in total. The molecular formula is C11H18N2O4. The molecule has 0 radical (unpaired) electrons. The number of hydrogen-bond donors (Lipinski definition) is 1. The summed E-state index contributed by atoms with van der Waals surface area (Å²) in [7, 11) is 1.72. The van der Waals surface area contributed by atoms with Crippen molar-refractivity contribution in [3.63, 3.8) is 0 Å². The average molecular weight is 242 g/mol. The molecule has 1 aliphatic heterocycles. The van der Waals surface area contributed by atoms with Crippen LogP contribution in [0.5, 0.6) is 0 Å². The Balaban J connectivity index is 1.96. The number of carboxylic acids is 1. The van der Waals surface area contributed by atoms with E-state index in [1.165, 1.54) is 4.90 Å². The lowest BCUT2D eigenvalue weighted by Crippen LogP contribution is -2.48. The largest absolute Gasteiger partial charge is 0.480 e. The van der Waals surface area contributed by atoms with E-state index < -0.39 is 5.97 Å². The molecule has 1 unspecified atom stereocenters. The van der Waals surface area contributed by atoms with Crippen LogP contribution in [0.3, 0.4) is 0 Å². The normalized spacial score (nSPS) is 23.5. The maximum absolute atomic E-state index is 12.2. The molecule has 1 saturated heterocycles. The quantitative estimate of drug-likeness (QED) is 0.773. The number of carboxylic acid groups (broad SMARTS) is 1. The van der Waals surface area contributed by atoms with Crippen LogP contribution >= 0.6 is 0 Å². The van der Waals surface area contributed by atoms with Crippen LogP contribution in [0.25, 0.3) is 0 Å². The Bertz CT molecular complexity index is 311. The first kappa shape index (κ1) is 12.2. The SMILES string of the molecule is CN(C(=O)N(CC(=O)O)C1CC1)C1CCOC1. The van der Waals surface area contributed by atoms with Crippen molar-refractivity contribution in [2.24, 2.45) is 0 Å². The van der Waals surface area contributed by atoms with Gasteiger partial charge in [-0.05, 0) is 19.3 Å². The summed E-state index contributed by atoms with van der Waals surface area (Å²) >= 11 is 0. The van der Waals surface area contributed by atoms with E-state index in [0.717, 1.165) is 19.3 Å². The molecule has 0 bridgehead atoms. The maximum atomic E-state index is 12.2. The van der Waals surface area contributed by atoms with Crippen LogP contribution in [-0.4, -0.2) is 65.8 Å². The zero-order valence-electron chi connectivity index (χ0n) is 9.96. The van der Waals surface area contributed by atoms with Crippen molar-refractivity contribution >= 4 is 12.0 Å². The van der Waals surface area contributed by atoms with Crippen LogP contribution in [0.15, 0.2) is 0 Å². The fourth-order valence-electron chi connectivity index (χ4n) is 2.07. The molecule has 2 aliphatic rings. The number of aliphatic carboxylic acids is 1. The maximum Gasteiger partial charge on any atom is 0.323 e. The molecule has 96 valence electrons. The van der Waals surface area contributed by atoms with Gasteiger partial charge in [0.1, 0.15) is 6.54 Å². The standard InChI is InChI=1S/C11H18N2O4/c1-12(9-4-5-17-7-9)11(16)13(6-10(14)15)8-2-3-8/h8-9H,2-7H2,1H3,(H,14,15). The van der Waals surface area contributed by atoms with Crippen molar-refractivity contribution in [2.45, 2.75) is 31.3 Å². The monoisotopic (exact) mass is 242 g/mol. The Morgan fingerprint density at radius 3 is 2.47 bits per heavy atom. The molecule has 0 spiro atoms. The number of carbonyl (C=O) groups excluding carboxylic acids is 1. The summed E-state index contributed by atoms with van der Waals surface area (Å²) in [5.41, 5.74) is 0. The van der Waals surface area contributed by atoms with E-state index in [0.29, 0.717) is 13.2 Å². The predicted octanol–water partition coefficient (Wildman–Crippen LogP) is 0.376. The molecule has 2 rings (SSSR count). The minimum atomic E-state index is -0.957. The third-order valence-corrected chi connectivity index (χ3v) is 3.29. The Morgan fingerprint density at radius 1 is 1.29 bits per heavy atom. The van der Waals surface area contributed by atoms with E-state index in [4.69, 9.17) is 9.84 Å². The molecule has 1 aliphatic carbocycles. The van der Waals surface area contributed by atoms with Crippen molar-refractivity contribution in [2.75, 3.05) is 26.8 Å². The van der Waals surface area contributed by atoms with Gasteiger partial charge in [0.2, 0.25) is 0 Å². The molecule has 2 amide bonds. The van der Waals surface area contributed by atoms with E-state index in [1.54, 1.807) is 11.9 Å². The summed E-state index contributed by atoms with van der Waals surface area (Å²) in [6.07, 6.45) is 2.65. The Labute approximate surface area is 100 Å². The third kappa shape index (κ3) is 2.88. The first-order valence-electron chi connectivity index (χ1n) is 5.92. The van der Waals surface area contributed by atoms with E-state index >= 15 is 0 Å². The smallest absolute Gasteiger partial charge is 0.323 e. The van der Waals surface area contributed by atoms with Gasteiger partial charge >= 0.3 is 12.0 Å². The molecule has 1 atom stereocenters. The highest BCUT2D eigenvalue weighted by Crippen LogP contribution is 2.28. The molecule has 1 saturated carbocycles. The van der Waals surface area contributed by atoms with Gasteiger partial charge in [-0.25, -0.2) is 4.79 Å². The van der Waals surface area contributed by atoms with Gasteiger partial charge in [-0.15, -0.1) is 0 Å². The summed E-state index contributed by atoms with van der Waals surface area (Å²) in [5.74, 6) is -0.957. The summed E-state index contributed by atoms with van der Waals surface area (Å²) in [6.45, 7) is 1.01. The van der Waals surface area contributed by atoms with Crippen molar-refractivity contribution in [1.82, 2.24) is 9.80 Å². The summed E-state index contributed by atoms with van der Waals surface area (Å²) in [4.78, 5) is 26.0. The second-order valence-electron chi connectivity index (χ2n) is 4.66. The zero-order chi connectivity index (χ0) is 12.4. The molecule has 1 heterocycles. The molecule has 6 heteroatoms. The van der Waals surface area contributed by atoms with E-state index in [9.17, 15) is 9.59 Å². The zero-order valence-corrected chi connectivity index (χ0v) is 9.96. The van der Waals surface area contributed by atoms with Gasteiger partial charge in [-0.2, -0.15) is 0 Å². The van der Waals surface area contributed by atoms with Crippen LogP contribution in [-0.2, 0) is 9.53 Å². The first-order chi connectivity index (χ1) is 8.09. The van der Waals surface area contributed by atoms with Crippen molar-refractivity contribution < 1.29 is 19.4 Å². The highest BCUT2D eigenvalue weighted by atomic mass is 16.5. The van der Waals surface area contributed by atoms with Crippen LogP contribution in [0.1, 0.15) is 19.3 Å². The number of nitrogens with zero attached hydrogens (tertiary/aromatic N) is 2. The average Bonchev–Trinajstić information content (AvgIpc) is 2.98. The Hall–Kier alpha value is -1.30. The fourth-order valence-corrected chi connectivity index (χ4v) is 2.07. The number of hydrogen-bond acceptors (Lipinski definition) is 3. The molecule has 1 N–H and O–H groups in total. The van der Waals surface area contributed by atoms with Crippen molar-refractivity contribution in [1.29, 1.82) is 0 Å². The lowest BCUT2D eigenvalue weighted by molar-refractivity contribution is -0.137. The van der Waals surface area contributed by atoms with Crippen LogP contribution < -0.4 is 0 Å². The molecule has 0 aromatic rings. The van der Waals surface area contributed by atoms with Gasteiger partial charge in [0.25, 0.3) is 0 Å². The van der Waals surface area contributed by atoms with E-state index in [2.05, 4.69) is 0 Å². The second-order valence-corrected chi connectivity index (χ2v) is 4.66. The molecule has 0 aromatic carbocycles. The van der Waals surface area contributed by atoms with Gasteiger partial charge in [-0.1, -0.05) is 0 Å². The predicted molar refractivity (Wildman–Crippen MR) is 59.7 cm³/mol. The van der Waals surface area contributed by atoms with Crippen molar-refractivity contribution in [3.05, 3.63) is 0 Å². The fraction of sp³-hybridized carbons (Fsp3) is 0.818. The lowest BCUT2D eigenvalue weighted by Gasteiger charge is -2.30. The first-order valence-corrected chi connectivity index (χ1v) is 5.92.